The van der Waals surface area contributed by atoms with Crippen molar-refractivity contribution in [3.05, 3.63) is 70.0 Å². The third-order valence-corrected chi connectivity index (χ3v) is 3.45. The second kappa shape index (κ2) is 7.85. The van der Waals surface area contributed by atoms with Crippen LogP contribution in [0, 0.1) is 17.5 Å². The molecule has 25 heavy (non-hydrogen) atoms. The van der Waals surface area contributed by atoms with Gasteiger partial charge >= 0.3 is 5.97 Å². The molecular weight excluding hydrogens is 359 g/mol. The average molecular weight is 370 g/mol. The molecule has 0 unspecified atom stereocenters. The number of halogens is 4. The maximum atomic E-state index is 13.7. The van der Waals surface area contributed by atoms with Gasteiger partial charge in [0.1, 0.15) is 17.5 Å². The molecule has 0 heterocycles. The SMILES string of the molecule is COC(=O)c1cc(NC(=O)/C=C/c2c(F)cccc2Cl)c(F)cc1F. The third-order valence-electron chi connectivity index (χ3n) is 3.12. The standard InChI is InChI=1S/C17H11ClF3NO3/c1-25-17(24)10-7-15(14(21)8-13(10)20)22-16(23)6-5-9-11(18)3-2-4-12(9)19/h2-8H,1H3,(H,22,23)/b6-5+. The molecule has 1 N–H and O–H groups in total. The molecule has 2 rings (SSSR count). The number of hydrogen-bond donors (Lipinski definition) is 1. The van der Waals surface area contributed by atoms with Crippen molar-refractivity contribution in [1.82, 2.24) is 0 Å². The van der Waals surface area contributed by atoms with Gasteiger partial charge in [-0.2, -0.15) is 0 Å². The first-order valence-corrected chi connectivity index (χ1v) is 7.21. The van der Waals surface area contributed by atoms with Gasteiger partial charge in [0.2, 0.25) is 5.91 Å². The number of amides is 1. The van der Waals surface area contributed by atoms with Crippen LogP contribution in [0.25, 0.3) is 6.08 Å². The van der Waals surface area contributed by atoms with Crippen molar-refractivity contribution in [3.63, 3.8) is 0 Å². The Labute approximate surface area is 145 Å². The van der Waals surface area contributed by atoms with Crippen LogP contribution in [0.15, 0.2) is 36.4 Å². The van der Waals surface area contributed by atoms with Gasteiger partial charge in [-0.1, -0.05) is 17.7 Å². The van der Waals surface area contributed by atoms with E-state index in [4.69, 9.17) is 11.6 Å². The van der Waals surface area contributed by atoms with E-state index >= 15 is 0 Å². The summed E-state index contributed by atoms with van der Waals surface area (Å²) in [5.41, 5.74) is -0.995. The van der Waals surface area contributed by atoms with E-state index in [0.717, 1.165) is 31.4 Å². The highest BCUT2D eigenvalue weighted by Crippen LogP contribution is 2.22. The third kappa shape index (κ3) is 4.39. The molecule has 0 fully saturated rings. The number of hydrogen-bond acceptors (Lipinski definition) is 3. The Kier molecular flexibility index (Phi) is 5.82. The second-order valence-corrected chi connectivity index (χ2v) is 5.17. The molecule has 0 saturated carbocycles. The van der Waals surface area contributed by atoms with Crippen LogP contribution in [-0.2, 0) is 9.53 Å². The highest BCUT2D eigenvalue weighted by molar-refractivity contribution is 6.32. The van der Waals surface area contributed by atoms with Gasteiger partial charge in [-0.15, -0.1) is 0 Å². The summed E-state index contributed by atoms with van der Waals surface area (Å²) in [5, 5.41) is 2.21. The van der Waals surface area contributed by atoms with Crippen molar-refractivity contribution in [2.75, 3.05) is 12.4 Å². The van der Waals surface area contributed by atoms with E-state index in [2.05, 4.69) is 10.1 Å². The normalized spacial score (nSPS) is 10.8. The van der Waals surface area contributed by atoms with E-state index in [1.807, 2.05) is 0 Å². The van der Waals surface area contributed by atoms with Gasteiger partial charge in [0, 0.05) is 17.7 Å². The van der Waals surface area contributed by atoms with Crippen LogP contribution in [0.5, 0.6) is 0 Å². The summed E-state index contributed by atoms with van der Waals surface area (Å²) in [7, 11) is 1.03. The number of nitrogens with one attached hydrogen (secondary N) is 1. The number of anilines is 1. The molecule has 2 aromatic rings. The first-order valence-electron chi connectivity index (χ1n) is 6.84. The lowest BCUT2D eigenvalue weighted by Gasteiger charge is -2.07. The topological polar surface area (TPSA) is 55.4 Å². The van der Waals surface area contributed by atoms with Crippen LogP contribution in [0.1, 0.15) is 15.9 Å². The summed E-state index contributed by atoms with van der Waals surface area (Å²) in [4.78, 5) is 23.3. The van der Waals surface area contributed by atoms with Crippen LogP contribution in [0.2, 0.25) is 5.02 Å². The molecule has 0 aliphatic carbocycles. The number of benzene rings is 2. The molecule has 0 spiro atoms. The first-order chi connectivity index (χ1) is 11.8. The van der Waals surface area contributed by atoms with Crippen molar-refractivity contribution in [1.29, 1.82) is 0 Å². The summed E-state index contributed by atoms with van der Waals surface area (Å²) in [5.74, 6) is -4.72. The Hall–Kier alpha value is -2.80. The molecule has 0 aliphatic heterocycles. The van der Waals surface area contributed by atoms with E-state index in [1.54, 1.807) is 0 Å². The van der Waals surface area contributed by atoms with Gasteiger partial charge in [-0.3, -0.25) is 4.79 Å². The highest BCUT2D eigenvalue weighted by atomic mass is 35.5. The Bertz CT molecular complexity index is 848. The lowest BCUT2D eigenvalue weighted by molar-refractivity contribution is -0.111. The number of esters is 1. The Morgan fingerprint density at radius 3 is 2.48 bits per heavy atom. The van der Waals surface area contributed by atoms with Crippen LogP contribution >= 0.6 is 11.6 Å². The lowest BCUT2D eigenvalue weighted by atomic mass is 10.1. The summed E-state index contributed by atoms with van der Waals surface area (Å²) < 4.78 is 45.2. The Morgan fingerprint density at radius 2 is 1.84 bits per heavy atom. The monoisotopic (exact) mass is 369 g/mol. The molecule has 0 atom stereocenters. The highest BCUT2D eigenvalue weighted by Gasteiger charge is 2.17. The van der Waals surface area contributed by atoms with Crippen molar-refractivity contribution < 1.29 is 27.5 Å². The number of carbonyl (C=O) groups is 2. The summed E-state index contributed by atoms with van der Waals surface area (Å²) in [6.07, 6.45) is 2.03. The summed E-state index contributed by atoms with van der Waals surface area (Å²) in [6.45, 7) is 0. The van der Waals surface area contributed by atoms with Gasteiger partial charge in [0.05, 0.1) is 23.4 Å². The molecule has 2 aromatic carbocycles. The Balaban J connectivity index is 2.23. The van der Waals surface area contributed by atoms with E-state index in [9.17, 15) is 22.8 Å². The smallest absolute Gasteiger partial charge is 0.340 e. The first kappa shape index (κ1) is 18.5. The average Bonchev–Trinajstić information content (AvgIpc) is 2.56. The summed E-state index contributed by atoms with van der Waals surface area (Å²) >= 11 is 5.81. The largest absolute Gasteiger partial charge is 0.465 e. The van der Waals surface area contributed by atoms with E-state index in [-0.39, 0.29) is 10.6 Å². The van der Waals surface area contributed by atoms with Gasteiger partial charge < -0.3 is 10.1 Å². The minimum atomic E-state index is -1.13. The molecule has 0 bridgehead atoms. The van der Waals surface area contributed by atoms with Crippen molar-refractivity contribution in [3.8, 4) is 0 Å². The summed E-state index contributed by atoms with van der Waals surface area (Å²) in [6, 6.07) is 5.24. The number of carbonyl (C=O) groups excluding carboxylic acids is 2. The lowest BCUT2D eigenvalue weighted by Crippen LogP contribution is -2.12. The molecule has 4 nitrogen and oxygen atoms in total. The minimum absolute atomic E-state index is 0.0193. The van der Waals surface area contributed by atoms with Gasteiger partial charge in [0.15, 0.2) is 0 Å². The maximum Gasteiger partial charge on any atom is 0.340 e. The molecule has 0 aromatic heterocycles. The van der Waals surface area contributed by atoms with Crippen LogP contribution in [0.3, 0.4) is 0 Å². The fourth-order valence-corrected chi connectivity index (χ4v) is 2.14. The Morgan fingerprint density at radius 1 is 1.12 bits per heavy atom. The van der Waals surface area contributed by atoms with Gasteiger partial charge in [-0.05, 0) is 24.3 Å². The number of methoxy groups -OCH3 is 1. The van der Waals surface area contributed by atoms with Crippen molar-refractivity contribution in [2.45, 2.75) is 0 Å². The van der Waals surface area contributed by atoms with E-state index < -0.39 is 40.6 Å². The fourth-order valence-electron chi connectivity index (χ4n) is 1.91. The van der Waals surface area contributed by atoms with Crippen LogP contribution < -0.4 is 5.32 Å². The molecule has 0 aliphatic rings. The van der Waals surface area contributed by atoms with Crippen LogP contribution in [-0.4, -0.2) is 19.0 Å². The van der Waals surface area contributed by atoms with Crippen molar-refractivity contribution in [2.24, 2.45) is 0 Å². The second-order valence-electron chi connectivity index (χ2n) is 4.76. The molecule has 0 radical (unpaired) electrons. The fraction of sp³-hybridized carbons (Fsp3) is 0.0588. The minimum Gasteiger partial charge on any atom is -0.465 e. The quantitative estimate of drug-likeness (QED) is 0.649. The number of rotatable bonds is 4. The molecule has 130 valence electrons. The zero-order chi connectivity index (χ0) is 18.6. The molecule has 1 amide bonds. The van der Waals surface area contributed by atoms with Crippen LogP contribution in [0.4, 0.5) is 18.9 Å². The van der Waals surface area contributed by atoms with Crippen molar-refractivity contribution >= 4 is 35.2 Å². The zero-order valence-corrected chi connectivity index (χ0v) is 13.5. The van der Waals surface area contributed by atoms with E-state index in [1.165, 1.54) is 12.1 Å². The predicted octanol–water partition coefficient (Wildman–Crippen LogP) is 4.20. The molecular formula is C17H11ClF3NO3. The predicted molar refractivity (Wildman–Crippen MR) is 86.8 cm³/mol. The molecule has 8 heteroatoms. The van der Waals surface area contributed by atoms with Gasteiger partial charge in [-0.25, -0.2) is 18.0 Å². The zero-order valence-electron chi connectivity index (χ0n) is 12.8. The number of ether oxygens (including phenoxy) is 1. The maximum absolute atomic E-state index is 13.7. The van der Waals surface area contributed by atoms with Gasteiger partial charge in [0.25, 0.3) is 0 Å². The molecule has 0 saturated heterocycles. The van der Waals surface area contributed by atoms with E-state index in [0.29, 0.717) is 6.07 Å².